The third kappa shape index (κ3) is 20.7. The average Bonchev–Trinajstić information content (AvgIpc) is 1.73. The fourth-order valence-corrected chi connectivity index (χ4v) is 22.9. The number of piperidine rings is 1. The Morgan fingerprint density at radius 1 is 0.642 bits per heavy atom. The molecule has 716 valence electrons. The molecule has 2 amide bonds. The number of amides is 2. The van der Waals surface area contributed by atoms with Gasteiger partial charge in [0.05, 0.1) is 60.4 Å². The summed E-state index contributed by atoms with van der Waals surface area (Å²) in [7, 11) is -20.3. The quantitative estimate of drug-likeness (QED) is 0.00637. The van der Waals surface area contributed by atoms with Crippen molar-refractivity contribution in [1.29, 1.82) is 0 Å². The number of carbonyl (C=O) groups excluding carboxylic acids is 4. The van der Waals surface area contributed by atoms with Crippen molar-refractivity contribution >= 4 is 119 Å². The number of aryl methyl sites for hydroxylation is 1. The van der Waals surface area contributed by atoms with Crippen LogP contribution in [-0.2, 0) is 102 Å². The highest BCUT2D eigenvalue weighted by Crippen LogP contribution is 2.51. The van der Waals surface area contributed by atoms with Crippen molar-refractivity contribution in [2.45, 2.75) is 165 Å². The summed E-state index contributed by atoms with van der Waals surface area (Å²) in [6, 6.07) is 42.8. The highest BCUT2D eigenvalue weighted by atomic mass is 32.2. The van der Waals surface area contributed by atoms with E-state index in [1.807, 2.05) is 116 Å². The minimum atomic E-state index is -4.52. The molecule has 0 radical (unpaired) electrons. The zero-order chi connectivity index (χ0) is 97.6. The second-order valence-electron chi connectivity index (χ2n) is 35.9. The Bertz CT molecular complexity index is 7490. The molecule has 0 bridgehead atoms. The topological polar surface area (TPSA) is 439 Å². The third-order valence-corrected chi connectivity index (χ3v) is 31.6. The highest BCUT2D eigenvalue weighted by molar-refractivity contribution is 7.89. The molecule has 9 aromatic rings. The molecule has 16 rings (SSSR count). The van der Waals surface area contributed by atoms with Gasteiger partial charge in [-0.1, -0.05) is 68.0 Å². The molecule has 1 saturated heterocycles. The largest absolute Gasteiger partial charge is 0.480 e. The third-order valence-electron chi connectivity index (χ3n) is 26.3. The number of hydrogen-bond donors (Lipinski definition) is 7. The number of nitrogens with one attached hydrogen (secondary N) is 2. The van der Waals surface area contributed by atoms with Gasteiger partial charge in [-0.2, -0.15) is 47.1 Å². The van der Waals surface area contributed by atoms with E-state index in [0.717, 1.165) is 51.9 Å². The van der Waals surface area contributed by atoms with Crippen molar-refractivity contribution in [3.63, 3.8) is 0 Å². The number of ketones is 2. The lowest BCUT2D eigenvalue weighted by atomic mass is 9.81. The molecule has 6 aliphatic heterocycles. The number of anilines is 3. The van der Waals surface area contributed by atoms with Gasteiger partial charge in [-0.05, 0) is 223 Å². The maximum Gasteiger partial charge on any atom is 0.294 e. The van der Waals surface area contributed by atoms with Crippen LogP contribution >= 0.6 is 0 Å². The van der Waals surface area contributed by atoms with E-state index in [2.05, 4.69) is 25.8 Å². The van der Waals surface area contributed by atoms with Gasteiger partial charge in [-0.25, -0.2) is 21.9 Å². The number of nitrogens with zero attached hydrogens (tertiary/aromatic N) is 8. The van der Waals surface area contributed by atoms with E-state index in [-0.39, 0.29) is 118 Å². The number of unbranched alkanes of at least 4 members (excludes halogenated alkanes) is 3. The molecule has 1 aromatic heterocycles. The van der Waals surface area contributed by atoms with Gasteiger partial charge in [0, 0.05) is 149 Å². The molecule has 137 heavy (non-hydrogen) atoms. The zero-order valence-electron chi connectivity index (χ0n) is 75.6. The predicted octanol–water partition coefficient (Wildman–Crippen LogP) is 13.9. The first kappa shape index (κ1) is 97.6. The molecule has 0 unspecified atom stereocenters. The van der Waals surface area contributed by atoms with Crippen LogP contribution < -0.4 is 40.8 Å². The van der Waals surface area contributed by atoms with Crippen LogP contribution in [0.2, 0.25) is 0 Å². The van der Waals surface area contributed by atoms with E-state index < -0.39 is 109 Å². The van der Waals surface area contributed by atoms with Gasteiger partial charge in [0.2, 0.25) is 32.7 Å². The number of carbonyl (C=O) groups is 4. The first-order chi connectivity index (χ1) is 65.0. The Morgan fingerprint density at radius 2 is 1.32 bits per heavy atom. The van der Waals surface area contributed by atoms with Crippen LogP contribution in [-0.4, -0.2) is 172 Å². The molecule has 31 nitrogen and oxygen atoms in total. The lowest BCUT2D eigenvalue weighted by Crippen LogP contribution is -2.43. The number of Topliss-reactive ketones (excluding diaryl/α,β-unsaturated/α-hetero) is 2. The molecular weight excluding hydrogens is 1860 g/mol. The fourth-order valence-electron chi connectivity index (χ4n) is 19.1. The molecule has 0 saturated carbocycles. The minimum Gasteiger partial charge on any atom is -0.480 e. The smallest absolute Gasteiger partial charge is 0.294 e. The van der Waals surface area contributed by atoms with Crippen molar-refractivity contribution in [1.82, 2.24) is 34.5 Å². The minimum absolute atomic E-state index is 0.000305. The van der Waals surface area contributed by atoms with Gasteiger partial charge in [0.15, 0.2) is 35.4 Å². The van der Waals surface area contributed by atoms with E-state index in [1.54, 1.807) is 60.8 Å². The van der Waals surface area contributed by atoms with Crippen molar-refractivity contribution < 1.29 is 102 Å². The molecule has 38 heteroatoms. The van der Waals surface area contributed by atoms with E-state index in [0.29, 0.717) is 137 Å². The van der Waals surface area contributed by atoms with Gasteiger partial charge < -0.3 is 35.3 Å². The standard InChI is InChI=1S/C99H101F2N11O20S5/c1-98(2)78-57-73(136(125,126)127)32-38-85(78)107(5)92(98)25-8-6-9-26-93-99(3,4)79-58-74(137(128,129)130)33-39-86(79)111(93)45-15-7-10-27-94(115)103-59-67-60-112(106-105-67)70-20-17-19-66(52-70)97(116)104-82(22-13-14-44-102)88(114)61-131-96-80(100)50-62(51-81(96)101)18-16-23-87(113)63-40-46-108(47-41-63)133(117,118)91-24-12-11-21-77(91)95-75-34-28-68(109-48-42-64-53-71(134(119,120)121)30-36-83(64)109)55-89(75)132-90-56-69(29-35-76(90)95)110-49-43-65-54-72(135(122,123)124)31-37-84(65)110/h6,8-9,11-12,17,19-21,24-26,28-39,50-58,60,63,82H,7,10,13-16,18,22-23,27,40-49,59,61,102H2,1-5H3,(H4-2,103,104,115,116,119,120,121,122,123,124,125,126,127,128,129,130)/p+2/t82-/m0/s1. The summed E-state index contributed by atoms with van der Waals surface area (Å²) in [6.07, 6.45) is 15.7. The van der Waals surface area contributed by atoms with Crippen molar-refractivity contribution in [2.24, 2.45) is 11.7 Å². The first-order valence-electron chi connectivity index (χ1n) is 44.9. The Balaban J connectivity index is 0.505. The number of hydrogen-bond acceptors (Lipinski definition) is 21. The van der Waals surface area contributed by atoms with Crippen LogP contribution in [0.4, 0.5) is 37.2 Å². The van der Waals surface area contributed by atoms with Crippen molar-refractivity contribution in [3.05, 3.63) is 268 Å². The summed E-state index contributed by atoms with van der Waals surface area (Å²) in [4.78, 5) is 58.3. The summed E-state index contributed by atoms with van der Waals surface area (Å²) in [5, 5.41) is 15.3. The molecule has 8 aromatic carbocycles. The number of halogens is 2. The number of allylic oxidation sites excluding steroid dienone is 6. The van der Waals surface area contributed by atoms with Gasteiger partial charge >= 0.3 is 0 Å². The average molecular weight is 1970 g/mol. The van der Waals surface area contributed by atoms with Gasteiger partial charge in [-0.15, -0.1) is 5.10 Å². The van der Waals surface area contributed by atoms with E-state index in [1.165, 1.54) is 75.7 Å². The predicted molar refractivity (Wildman–Crippen MR) is 510 cm³/mol. The molecule has 1 fully saturated rings. The van der Waals surface area contributed by atoms with E-state index >= 15 is 17.2 Å². The Kier molecular flexibility index (Phi) is 27.9. The van der Waals surface area contributed by atoms with Crippen LogP contribution in [0.25, 0.3) is 39.1 Å². The van der Waals surface area contributed by atoms with Gasteiger partial charge in [-0.3, -0.25) is 37.4 Å². The number of ether oxygens (including phenoxy) is 1. The van der Waals surface area contributed by atoms with Gasteiger partial charge in [0.1, 0.15) is 36.5 Å². The Morgan fingerprint density at radius 3 is 2.04 bits per heavy atom. The number of fused-ring (bicyclic) bond motifs is 6. The number of aromatic nitrogens is 3. The molecule has 8 N–H and O–H groups in total. The summed E-state index contributed by atoms with van der Waals surface area (Å²) in [6.45, 7) is 8.81. The Hall–Kier alpha value is -12.5. The SMILES string of the molecule is C[N+]1=C(/C=C/C=C/C=C2\N(CCCCCC(=O)NCc3cn(-c4cccc(C(=O)N[C@@H](CCCCN)C(=O)COc5c(F)cc(CCCC(=O)C6CCN(S(=O)(=O)c7ccccc7-c7c8ccc(=[N+]9CCc%10cc(S(=O)(=O)O)ccc%109)cc-8oc8cc(N9CCc%10cc(S(=O)(=O)O)ccc%109)ccc78)CC6)cc5F)c4)nn3)c3ccc(S(=O)(=O)O)cc3C2(C)C)C(C)(C)c2cc(S(=O)(=O)O)ccc21. The highest BCUT2D eigenvalue weighted by Gasteiger charge is 2.45. The second kappa shape index (κ2) is 39.2. The normalized spacial score (nSPS) is 16.6. The number of nitrogens with two attached hydrogens (primary N) is 1. The second-order valence-corrected chi connectivity index (χ2v) is 43.5. The fraction of sp³-hybridized carbons (Fsp3) is 0.313. The lowest BCUT2D eigenvalue weighted by molar-refractivity contribution is -0.401. The molecular formula is C99H103F2N11O20S5+2. The van der Waals surface area contributed by atoms with Crippen LogP contribution in [0.3, 0.4) is 0 Å². The van der Waals surface area contributed by atoms with Crippen LogP contribution in [0.15, 0.2) is 241 Å². The van der Waals surface area contributed by atoms with Crippen LogP contribution in [0.1, 0.15) is 142 Å². The Labute approximate surface area is 792 Å². The lowest BCUT2D eigenvalue weighted by Gasteiger charge is -2.31. The summed E-state index contributed by atoms with van der Waals surface area (Å²) in [5.41, 5.74) is 15.8. The first-order valence-corrected chi connectivity index (χ1v) is 52.1. The van der Waals surface area contributed by atoms with Crippen LogP contribution in [0, 0.1) is 17.6 Å². The molecule has 7 aliphatic rings. The molecule has 0 spiro atoms. The van der Waals surface area contributed by atoms with Crippen LogP contribution in [0.5, 0.6) is 5.75 Å². The number of sulfonamides is 1. The zero-order valence-corrected chi connectivity index (χ0v) is 79.7. The van der Waals surface area contributed by atoms with E-state index in [4.69, 9.17) is 14.9 Å². The molecule has 7 heterocycles. The number of rotatable bonds is 35. The summed E-state index contributed by atoms with van der Waals surface area (Å²) >= 11 is 0. The number of benzene rings is 9. The summed E-state index contributed by atoms with van der Waals surface area (Å²) < 4.78 is 218. The maximum absolute atomic E-state index is 15.9. The molecule has 1 aliphatic carbocycles. The summed E-state index contributed by atoms with van der Waals surface area (Å²) in [5.74, 6) is -4.86. The molecule has 1 atom stereocenters. The maximum atomic E-state index is 15.9. The monoisotopic (exact) mass is 1960 g/mol. The van der Waals surface area contributed by atoms with E-state index in [9.17, 15) is 71.1 Å². The van der Waals surface area contributed by atoms with Crippen molar-refractivity contribution in [2.75, 3.05) is 62.7 Å². The van der Waals surface area contributed by atoms with Crippen molar-refractivity contribution in [3.8, 4) is 33.9 Å². The van der Waals surface area contributed by atoms with Gasteiger partial charge in [0.25, 0.3) is 46.4 Å².